The Balaban J connectivity index is 1.77. The number of nitriles is 1. The molecule has 1 aromatic rings. The summed E-state index contributed by atoms with van der Waals surface area (Å²) in [6.45, 7) is 1.75. The minimum Gasteiger partial charge on any atom is -0.492 e. The Morgan fingerprint density at radius 2 is 2.26 bits per heavy atom. The molecule has 2 aliphatic rings. The summed E-state index contributed by atoms with van der Waals surface area (Å²) in [6.07, 6.45) is 1.82. The predicted octanol–water partition coefficient (Wildman–Crippen LogP) is 1.92. The molecule has 0 spiro atoms. The highest BCUT2D eigenvalue weighted by atomic mass is 16.5. The van der Waals surface area contributed by atoms with Crippen LogP contribution in [0.1, 0.15) is 24.3 Å². The van der Waals surface area contributed by atoms with E-state index >= 15 is 0 Å². The van der Waals surface area contributed by atoms with Crippen LogP contribution in [-0.4, -0.2) is 30.5 Å². The fourth-order valence-electron chi connectivity index (χ4n) is 2.87. The van der Waals surface area contributed by atoms with E-state index in [1.165, 1.54) is 0 Å². The molecule has 19 heavy (non-hydrogen) atoms. The lowest BCUT2D eigenvalue weighted by molar-refractivity contribution is -0.134. The van der Waals surface area contributed by atoms with Crippen LogP contribution in [0.5, 0.6) is 5.75 Å². The van der Waals surface area contributed by atoms with Gasteiger partial charge in [0.15, 0.2) is 0 Å². The number of carbonyl (C=O) groups is 1. The van der Waals surface area contributed by atoms with Crippen molar-refractivity contribution in [3.63, 3.8) is 0 Å². The van der Waals surface area contributed by atoms with Crippen LogP contribution in [0.2, 0.25) is 0 Å². The van der Waals surface area contributed by atoms with Crippen molar-refractivity contribution in [2.75, 3.05) is 19.7 Å². The molecule has 0 aromatic heterocycles. The van der Waals surface area contributed by atoms with Crippen molar-refractivity contribution in [1.29, 1.82) is 5.26 Å². The Kier molecular flexibility index (Phi) is 3.12. The first kappa shape index (κ1) is 12.0. The van der Waals surface area contributed by atoms with Crippen LogP contribution in [0.4, 0.5) is 0 Å². The summed E-state index contributed by atoms with van der Waals surface area (Å²) in [5, 5.41) is 9.00. The number of hydrogen-bond acceptors (Lipinski definition) is 3. The van der Waals surface area contributed by atoms with Gasteiger partial charge in [-0.2, -0.15) is 5.26 Å². The molecule has 0 aliphatic carbocycles. The van der Waals surface area contributed by atoms with Crippen molar-refractivity contribution in [3.8, 4) is 11.8 Å². The van der Waals surface area contributed by atoms with Crippen molar-refractivity contribution in [3.05, 3.63) is 29.8 Å². The third-order valence-electron chi connectivity index (χ3n) is 3.91. The summed E-state index contributed by atoms with van der Waals surface area (Å²) < 4.78 is 5.56. The fourth-order valence-corrected chi connectivity index (χ4v) is 2.87. The van der Waals surface area contributed by atoms with Crippen LogP contribution in [0.15, 0.2) is 24.3 Å². The first-order chi connectivity index (χ1) is 9.29. The van der Waals surface area contributed by atoms with Crippen molar-refractivity contribution < 1.29 is 9.53 Å². The van der Waals surface area contributed by atoms with Gasteiger partial charge < -0.3 is 9.64 Å². The zero-order valence-electron chi connectivity index (χ0n) is 10.7. The first-order valence-electron chi connectivity index (χ1n) is 6.69. The van der Waals surface area contributed by atoms with E-state index in [2.05, 4.69) is 6.07 Å². The predicted molar refractivity (Wildman–Crippen MR) is 69.6 cm³/mol. The Morgan fingerprint density at radius 3 is 3.11 bits per heavy atom. The second-order valence-corrected chi connectivity index (χ2v) is 5.15. The smallest absolute Gasteiger partial charge is 0.233 e. The highest BCUT2D eigenvalue weighted by Gasteiger charge is 2.34. The lowest BCUT2D eigenvalue weighted by atomic mass is 9.95. The topological polar surface area (TPSA) is 53.3 Å². The van der Waals surface area contributed by atoms with E-state index in [1.54, 1.807) is 0 Å². The van der Waals surface area contributed by atoms with E-state index in [0.717, 1.165) is 30.7 Å². The molecule has 0 bridgehead atoms. The number of benzene rings is 1. The fraction of sp³-hybridized carbons (Fsp3) is 0.467. The molecule has 0 radical (unpaired) electrons. The Labute approximate surface area is 112 Å². The molecular formula is C15H16N2O2. The van der Waals surface area contributed by atoms with Crippen LogP contribution in [0.3, 0.4) is 0 Å². The maximum Gasteiger partial charge on any atom is 0.233 e. The molecule has 0 N–H and O–H groups in total. The lowest BCUT2D eigenvalue weighted by Gasteiger charge is -2.31. The number of hydrogen-bond donors (Lipinski definition) is 0. The molecule has 2 aliphatic heterocycles. The summed E-state index contributed by atoms with van der Waals surface area (Å²) in [6, 6.07) is 9.98. The van der Waals surface area contributed by atoms with Gasteiger partial charge in [0, 0.05) is 18.7 Å². The van der Waals surface area contributed by atoms with Crippen LogP contribution in [0.25, 0.3) is 0 Å². The van der Waals surface area contributed by atoms with E-state index in [4.69, 9.17) is 10.00 Å². The number of nitrogens with zero attached hydrogens (tertiary/aromatic N) is 2. The molecule has 4 heteroatoms. The maximum atomic E-state index is 12.6. The number of fused-ring (bicyclic) bond motifs is 1. The summed E-state index contributed by atoms with van der Waals surface area (Å²) >= 11 is 0. The monoisotopic (exact) mass is 256 g/mol. The van der Waals surface area contributed by atoms with Gasteiger partial charge in [-0.15, -0.1) is 0 Å². The van der Waals surface area contributed by atoms with Gasteiger partial charge in [-0.1, -0.05) is 18.2 Å². The number of para-hydroxylation sites is 1. The molecular weight excluding hydrogens is 240 g/mol. The zero-order chi connectivity index (χ0) is 13.2. The molecule has 2 heterocycles. The second-order valence-electron chi connectivity index (χ2n) is 5.15. The van der Waals surface area contributed by atoms with E-state index in [9.17, 15) is 4.79 Å². The minimum atomic E-state index is -0.200. The third kappa shape index (κ3) is 2.17. The average Bonchev–Trinajstić information content (AvgIpc) is 2.90. The van der Waals surface area contributed by atoms with E-state index < -0.39 is 0 Å². The molecule has 98 valence electrons. The van der Waals surface area contributed by atoms with Gasteiger partial charge in [0.1, 0.15) is 18.3 Å². The largest absolute Gasteiger partial charge is 0.492 e. The van der Waals surface area contributed by atoms with Gasteiger partial charge in [-0.05, 0) is 18.9 Å². The molecule has 1 aromatic carbocycles. The molecule has 1 amide bonds. The molecule has 3 rings (SSSR count). The summed E-state index contributed by atoms with van der Waals surface area (Å²) in [7, 11) is 0. The Morgan fingerprint density at radius 1 is 1.42 bits per heavy atom. The number of piperidine rings is 1. The number of ether oxygens (including phenoxy) is 1. The molecule has 4 nitrogen and oxygen atoms in total. The van der Waals surface area contributed by atoms with Crippen molar-refractivity contribution in [1.82, 2.24) is 4.90 Å². The standard InChI is InChI=1S/C15H16N2O2/c16-8-11-4-3-7-17(9-11)15(18)13-10-19-14-6-2-1-5-12(13)14/h1-2,5-6,11,13H,3-4,7,9-10H2. The van der Waals surface area contributed by atoms with Gasteiger partial charge in [0.05, 0.1) is 12.0 Å². The average molecular weight is 256 g/mol. The maximum absolute atomic E-state index is 12.6. The van der Waals surface area contributed by atoms with Crippen LogP contribution < -0.4 is 4.74 Å². The third-order valence-corrected chi connectivity index (χ3v) is 3.91. The lowest BCUT2D eigenvalue weighted by Crippen LogP contribution is -2.42. The highest BCUT2D eigenvalue weighted by molar-refractivity contribution is 5.85. The molecule has 1 saturated heterocycles. The SMILES string of the molecule is N#CC1CCCN(C(=O)C2COc3ccccc32)C1. The van der Waals surface area contributed by atoms with E-state index in [1.807, 2.05) is 29.2 Å². The normalized spacial score (nSPS) is 25.3. The van der Waals surface area contributed by atoms with Gasteiger partial charge in [0.2, 0.25) is 5.91 Å². The van der Waals surface area contributed by atoms with Gasteiger partial charge in [0.25, 0.3) is 0 Å². The number of rotatable bonds is 1. The second kappa shape index (κ2) is 4.93. The first-order valence-corrected chi connectivity index (χ1v) is 6.69. The zero-order valence-corrected chi connectivity index (χ0v) is 10.7. The molecule has 1 fully saturated rings. The van der Waals surface area contributed by atoms with Gasteiger partial charge in [-0.25, -0.2) is 0 Å². The van der Waals surface area contributed by atoms with Crippen LogP contribution in [-0.2, 0) is 4.79 Å². The minimum absolute atomic E-state index is 0.0183. The van der Waals surface area contributed by atoms with Crippen LogP contribution in [0, 0.1) is 17.2 Å². The van der Waals surface area contributed by atoms with E-state index in [-0.39, 0.29) is 17.7 Å². The van der Waals surface area contributed by atoms with Crippen molar-refractivity contribution >= 4 is 5.91 Å². The van der Waals surface area contributed by atoms with Crippen molar-refractivity contribution in [2.24, 2.45) is 5.92 Å². The van der Waals surface area contributed by atoms with Gasteiger partial charge in [-0.3, -0.25) is 4.79 Å². The molecule has 2 unspecified atom stereocenters. The van der Waals surface area contributed by atoms with Gasteiger partial charge >= 0.3 is 0 Å². The van der Waals surface area contributed by atoms with Crippen LogP contribution >= 0.6 is 0 Å². The number of likely N-dealkylation sites (tertiary alicyclic amines) is 1. The Hall–Kier alpha value is -2.02. The highest BCUT2D eigenvalue weighted by Crippen LogP contribution is 2.35. The molecule has 0 saturated carbocycles. The summed E-state index contributed by atoms with van der Waals surface area (Å²) in [5.41, 5.74) is 0.978. The number of carbonyl (C=O) groups excluding carboxylic acids is 1. The summed E-state index contributed by atoms with van der Waals surface area (Å²) in [5.74, 6) is 0.698. The van der Waals surface area contributed by atoms with Crippen molar-refractivity contribution in [2.45, 2.75) is 18.8 Å². The quantitative estimate of drug-likeness (QED) is 0.771. The number of amides is 1. The summed E-state index contributed by atoms with van der Waals surface area (Å²) in [4.78, 5) is 14.4. The van der Waals surface area contributed by atoms with E-state index in [0.29, 0.717) is 13.2 Å². The Bertz CT molecular complexity index is 535. The molecule has 2 atom stereocenters.